The molecule has 0 spiro atoms. The highest BCUT2D eigenvalue weighted by Gasteiger charge is 2.20. The Kier molecular flexibility index (Phi) is 4.07. The number of aliphatic hydroxyl groups excluding tert-OH is 1. The Morgan fingerprint density at radius 2 is 1.78 bits per heavy atom. The number of hydrogen-bond acceptors (Lipinski definition) is 3. The average Bonchev–Trinajstić information content (AvgIpc) is 2.93. The van der Waals surface area contributed by atoms with Gasteiger partial charge in [-0.2, -0.15) is 0 Å². The Balaban J connectivity index is 2.23. The lowest BCUT2D eigenvalue weighted by molar-refractivity contribution is 0.343. The molecule has 0 amide bonds. The molecule has 2 aromatic carbocycles. The minimum atomic E-state index is -3.67. The quantitative estimate of drug-likeness (QED) is 0.800. The minimum absolute atomic E-state index is 0.0930. The third-order valence-electron chi connectivity index (χ3n) is 3.69. The van der Waals surface area contributed by atoms with Crippen LogP contribution < -0.4 is 0 Å². The van der Waals surface area contributed by atoms with E-state index in [1.807, 2.05) is 25.1 Å². The smallest absolute Gasteiger partial charge is 0.268 e. The average molecular weight is 327 g/mol. The first-order chi connectivity index (χ1) is 11.0. The molecule has 0 aliphatic rings. The summed E-state index contributed by atoms with van der Waals surface area (Å²) in [4.78, 5) is 0.251. The normalized spacial score (nSPS) is 12.3. The van der Waals surface area contributed by atoms with Crippen molar-refractivity contribution < 1.29 is 13.5 Å². The van der Waals surface area contributed by atoms with Crippen LogP contribution in [0.3, 0.4) is 0 Å². The van der Waals surface area contributed by atoms with Crippen LogP contribution in [0.4, 0.5) is 0 Å². The number of aromatic nitrogens is 1. The molecule has 0 aliphatic heterocycles. The maximum atomic E-state index is 12.9. The molecule has 0 saturated carbocycles. The first-order valence-electron chi connectivity index (χ1n) is 7.24. The van der Waals surface area contributed by atoms with Crippen molar-refractivity contribution in [2.45, 2.75) is 11.8 Å². The lowest BCUT2D eigenvalue weighted by atomic mass is 10.2. The van der Waals surface area contributed by atoms with Crippen LogP contribution in [0.25, 0.3) is 17.0 Å². The second-order valence-electron chi connectivity index (χ2n) is 5.30. The number of para-hydroxylation sites is 1. The van der Waals surface area contributed by atoms with E-state index in [1.165, 1.54) is 3.97 Å². The topological polar surface area (TPSA) is 59.3 Å². The summed E-state index contributed by atoms with van der Waals surface area (Å²) in [6.45, 7) is 1.82. The second kappa shape index (κ2) is 6.02. The second-order valence-corrected chi connectivity index (χ2v) is 7.12. The fraction of sp³-hybridized carbons (Fsp3) is 0.111. The first-order valence-corrected chi connectivity index (χ1v) is 8.68. The van der Waals surface area contributed by atoms with Crippen LogP contribution in [-0.2, 0) is 10.0 Å². The Hall–Kier alpha value is -2.37. The Morgan fingerprint density at radius 3 is 2.48 bits per heavy atom. The van der Waals surface area contributed by atoms with E-state index in [0.29, 0.717) is 5.52 Å². The monoisotopic (exact) mass is 327 g/mol. The third kappa shape index (κ3) is 2.81. The van der Waals surface area contributed by atoms with Gasteiger partial charge in [0, 0.05) is 17.1 Å². The summed E-state index contributed by atoms with van der Waals surface area (Å²) in [5, 5.41) is 9.79. The molecule has 3 aromatic rings. The predicted molar refractivity (Wildman–Crippen MR) is 91.8 cm³/mol. The van der Waals surface area contributed by atoms with Crippen LogP contribution in [-0.4, -0.2) is 24.1 Å². The number of aliphatic hydroxyl groups is 1. The van der Waals surface area contributed by atoms with Gasteiger partial charge in [-0.15, -0.1) is 0 Å². The van der Waals surface area contributed by atoms with E-state index >= 15 is 0 Å². The van der Waals surface area contributed by atoms with E-state index in [4.69, 9.17) is 5.11 Å². The van der Waals surface area contributed by atoms with Crippen molar-refractivity contribution in [2.24, 2.45) is 0 Å². The molecule has 23 heavy (non-hydrogen) atoms. The van der Waals surface area contributed by atoms with Gasteiger partial charge < -0.3 is 5.11 Å². The molecule has 0 unspecified atom stereocenters. The summed E-state index contributed by atoms with van der Waals surface area (Å²) in [5.74, 6) is 0. The lowest BCUT2D eigenvalue weighted by Crippen LogP contribution is -2.11. The predicted octanol–water partition coefficient (Wildman–Crippen LogP) is 3.19. The number of nitrogens with zero attached hydrogens (tertiary/aromatic N) is 1. The van der Waals surface area contributed by atoms with Gasteiger partial charge >= 0.3 is 0 Å². The number of hydrogen-bond donors (Lipinski definition) is 1. The highest BCUT2D eigenvalue weighted by atomic mass is 32.2. The van der Waals surface area contributed by atoms with Gasteiger partial charge in [0.2, 0.25) is 0 Å². The fourth-order valence-electron chi connectivity index (χ4n) is 2.51. The van der Waals surface area contributed by atoms with Crippen LogP contribution in [0, 0.1) is 6.92 Å². The molecule has 1 N–H and O–H groups in total. The standard InChI is InChI=1S/C18H17NO3S/c1-14-8-10-16(11-9-14)23(21,22)19-13-15(5-4-12-20)17-6-2-3-7-18(17)19/h2-11,13,20H,12H2,1H3/b5-4+. The highest BCUT2D eigenvalue weighted by molar-refractivity contribution is 7.90. The maximum absolute atomic E-state index is 12.9. The van der Waals surface area contributed by atoms with Crippen molar-refractivity contribution in [3.05, 3.63) is 71.9 Å². The van der Waals surface area contributed by atoms with Crippen molar-refractivity contribution in [3.63, 3.8) is 0 Å². The van der Waals surface area contributed by atoms with E-state index in [1.54, 1.807) is 48.7 Å². The van der Waals surface area contributed by atoms with Crippen molar-refractivity contribution in [1.82, 2.24) is 3.97 Å². The van der Waals surface area contributed by atoms with Gasteiger partial charge in [-0.1, -0.05) is 48.0 Å². The van der Waals surface area contributed by atoms with Crippen LogP contribution >= 0.6 is 0 Å². The fourth-order valence-corrected chi connectivity index (χ4v) is 3.89. The number of rotatable bonds is 4. The van der Waals surface area contributed by atoms with Crippen LogP contribution in [0.2, 0.25) is 0 Å². The van der Waals surface area contributed by atoms with Gasteiger partial charge in [-0.3, -0.25) is 0 Å². The SMILES string of the molecule is Cc1ccc(S(=O)(=O)n2cc(/C=C/CO)c3ccccc32)cc1. The minimum Gasteiger partial charge on any atom is -0.392 e. The van der Waals surface area contributed by atoms with Gasteiger partial charge in [0.25, 0.3) is 10.0 Å². The zero-order valence-corrected chi connectivity index (χ0v) is 13.5. The Morgan fingerprint density at radius 1 is 1.09 bits per heavy atom. The lowest BCUT2D eigenvalue weighted by Gasteiger charge is -2.07. The van der Waals surface area contributed by atoms with Gasteiger partial charge in [-0.25, -0.2) is 12.4 Å². The van der Waals surface area contributed by atoms with Gasteiger partial charge in [0.1, 0.15) is 0 Å². The zero-order valence-electron chi connectivity index (χ0n) is 12.7. The molecule has 0 radical (unpaired) electrons. The Labute approximate surface area is 135 Å². The largest absolute Gasteiger partial charge is 0.392 e. The van der Waals surface area contributed by atoms with Gasteiger partial charge in [-0.05, 0) is 25.1 Å². The third-order valence-corrected chi connectivity index (χ3v) is 5.38. The summed E-state index contributed by atoms with van der Waals surface area (Å²) in [5.41, 5.74) is 2.38. The highest BCUT2D eigenvalue weighted by Crippen LogP contribution is 2.26. The van der Waals surface area contributed by atoms with Gasteiger partial charge in [0.05, 0.1) is 17.0 Å². The summed E-state index contributed by atoms with van der Waals surface area (Å²) in [6.07, 6.45) is 4.90. The molecule has 3 rings (SSSR count). The van der Waals surface area contributed by atoms with Crippen LogP contribution in [0.15, 0.2) is 65.7 Å². The van der Waals surface area contributed by atoms with Crippen molar-refractivity contribution in [2.75, 3.05) is 6.61 Å². The molecule has 0 bridgehead atoms. The summed E-state index contributed by atoms with van der Waals surface area (Å²) < 4.78 is 27.2. The first kappa shape index (κ1) is 15.5. The molecule has 1 aromatic heterocycles. The molecule has 5 heteroatoms. The maximum Gasteiger partial charge on any atom is 0.268 e. The summed E-state index contributed by atoms with van der Waals surface area (Å²) in [7, 11) is -3.67. The van der Waals surface area contributed by atoms with E-state index in [-0.39, 0.29) is 11.5 Å². The molecule has 0 aliphatic carbocycles. The summed E-state index contributed by atoms with van der Waals surface area (Å²) >= 11 is 0. The molecule has 0 fully saturated rings. The van der Waals surface area contributed by atoms with Gasteiger partial charge in [0.15, 0.2) is 0 Å². The van der Waals surface area contributed by atoms with Crippen molar-refractivity contribution in [3.8, 4) is 0 Å². The van der Waals surface area contributed by atoms with E-state index in [9.17, 15) is 8.42 Å². The molecule has 118 valence electrons. The van der Waals surface area contributed by atoms with E-state index < -0.39 is 10.0 Å². The van der Waals surface area contributed by atoms with E-state index in [0.717, 1.165) is 16.5 Å². The molecule has 4 nitrogen and oxygen atoms in total. The van der Waals surface area contributed by atoms with Crippen molar-refractivity contribution >= 4 is 27.0 Å². The Bertz CT molecular complexity index is 967. The van der Waals surface area contributed by atoms with Crippen LogP contribution in [0.1, 0.15) is 11.1 Å². The number of aryl methyl sites for hydroxylation is 1. The number of fused-ring (bicyclic) bond motifs is 1. The molecular formula is C18H17NO3S. The summed E-state index contributed by atoms with van der Waals surface area (Å²) in [6, 6.07) is 14.1. The molecule has 1 heterocycles. The van der Waals surface area contributed by atoms with Crippen LogP contribution in [0.5, 0.6) is 0 Å². The number of benzene rings is 2. The molecular weight excluding hydrogens is 310 g/mol. The molecule has 0 saturated heterocycles. The van der Waals surface area contributed by atoms with E-state index in [2.05, 4.69) is 0 Å². The van der Waals surface area contributed by atoms with Crippen molar-refractivity contribution in [1.29, 1.82) is 0 Å². The zero-order chi connectivity index (χ0) is 16.4. The molecule has 0 atom stereocenters.